The number of carbonyl (C=O) groups is 2. The van der Waals surface area contributed by atoms with Gasteiger partial charge < -0.3 is 10.6 Å². The first-order valence-electron chi connectivity index (χ1n) is 14.9. The molecule has 226 valence electrons. The Labute approximate surface area is 257 Å². The number of likely N-dealkylation sites (tertiary alicyclic amines) is 1. The number of piperidine rings is 1. The van der Waals surface area contributed by atoms with Gasteiger partial charge in [-0.15, -0.1) is 0 Å². The SMILES string of the molecule is CC(CC(c1ccc([N+](=O)[O-])cc1)N(C)C(=O)c1ncccc1C(N)=O)N1CCCCC1(c1ccccc1)c1ccccc1. The second-order valence-electron chi connectivity index (χ2n) is 11.4. The minimum Gasteiger partial charge on any atom is -0.366 e. The van der Waals surface area contributed by atoms with E-state index in [1.165, 1.54) is 35.5 Å². The molecule has 1 saturated heterocycles. The predicted octanol–water partition coefficient (Wildman–Crippen LogP) is 6.11. The topological polar surface area (TPSA) is 123 Å². The van der Waals surface area contributed by atoms with Crippen molar-refractivity contribution in [3.8, 4) is 0 Å². The Balaban J connectivity index is 1.57. The van der Waals surface area contributed by atoms with E-state index in [0.717, 1.165) is 31.4 Å². The first-order chi connectivity index (χ1) is 21.2. The van der Waals surface area contributed by atoms with E-state index in [4.69, 9.17) is 5.73 Å². The summed E-state index contributed by atoms with van der Waals surface area (Å²) in [4.78, 5) is 45.4. The van der Waals surface area contributed by atoms with Crippen LogP contribution < -0.4 is 5.73 Å². The zero-order valence-electron chi connectivity index (χ0n) is 25.0. The van der Waals surface area contributed by atoms with E-state index < -0.39 is 22.8 Å². The van der Waals surface area contributed by atoms with Crippen LogP contribution in [0, 0.1) is 10.1 Å². The molecule has 0 aliphatic carbocycles. The lowest BCUT2D eigenvalue weighted by molar-refractivity contribution is -0.384. The van der Waals surface area contributed by atoms with Gasteiger partial charge >= 0.3 is 0 Å². The third kappa shape index (κ3) is 5.96. The van der Waals surface area contributed by atoms with Crippen LogP contribution in [0.5, 0.6) is 0 Å². The number of hydrogen-bond donors (Lipinski definition) is 1. The highest BCUT2D eigenvalue weighted by atomic mass is 16.6. The summed E-state index contributed by atoms with van der Waals surface area (Å²) >= 11 is 0. The third-order valence-corrected chi connectivity index (χ3v) is 8.83. The lowest BCUT2D eigenvalue weighted by Crippen LogP contribution is -2.54. The van der Waals surface area contributed by atoms with Gasteiger partial charge in [-0.05, 0) is 68.0 Å². The van der Waals surface area contributed by atoms with Gasteiger partial charge in [-0.2, -0.15) is 0 Å². The molecule has 1 aromatic heterocycles. The fraction of sp³-hybridized carbons (Fsp3) is 0.286. The second kappa shape index (κ2) is 13.2. The number of rotatable bonds is 10. The number of pyridine rings is 1. The average Bonchev–Trinajstić information content (AvgIpc) is 3.07. The normalized spacial score (nSPS) is 16.0. The van der Waals surface area contributed by atoms with Crippen LogP contribution in [0.1, 0.15) is 76.2 Å². The summed E-state index contributed by atoms with van der Waals surface area (Å²) < 4.78 is 0. The predicted molar refractivity (Wildman–Crippen MR) is 169 cm³/mol. The van der Waals surface area contributed by atoms with Gasteiger partial charge in [0, 0.05) is 31.4 Å². The maximum Gasteiger partial charge on any atom is 0.273 e. The number of aromatic nitrogens is 1. The molecule has 0 saturated carbocycles. The molecular weight excluding hydrogens is 554 g/mol. The number of amides is 2. The van der Waals surface area contributed by atoms with Crippen LogP contribution in [-0.2, 0) is 5.54 Å². The number of non-ortho nitro benzene ring substituents is 1. The summed E-state index contributed by atoms with van der Waals surface area (Å²) in [7, 11) is 1.68. The number of nitrogens with zero attached hydrogens (tertiary/aromatic N) is 4. The third-order valence-electron chi connectivity index (χ3n) is 8.83. The Bertz CT molecular complexity index is 1570. The molecule has 9 nitrogen and oxygen atoms in total. The van der Waals surface area contributed by atoms with E-state index in [1.807, 2.05) is 12.1 Å². The molecular formula is C35H37N5O4. The van der Waals surface area contributed by atoms with Gasteiger partial charge in [-0.3, -0.25) is 29.6 Å². The number of benzene rings is 3. The van der Waals surface area contributed by atoms with E-state index in [9.17, 15) is 19.7 Å². The molecule has 2 unspecified atom stereocenters. The largest absolute Gasteiger partial charge is 0.366 e. The van der Waals surface area contributed by atoms with Gasteiger partial charge in [0.2, 0.25) is 0 Å². The van der Waals surface area contributed by atoms with Crippen molar-refractivity contribution in [2.24, 2.45) is 5.73 Å². The summed E-state index contributed by atoms with van der Waals surface area (Å²) in [5.41, 5.74) is 8.38. The van der Waals surface area contributed by atoms with Crippen molar-refractivity contribution in [2.75, 3.05) is 13.6 Å². The molecule has 2 heterocycles. The molecule has 0 bridgehead atoms. The number of primary amides is 1. The van der Waals surface area contributed by atoms with E-state index >= 15 is 0 Å². The maximum atomic E-state index is 13.9. The van der Waals surface area contributed by atoms with Crippen LogP contribution in [0.25, 0.3) is 0 Å². The fourth-order valence-corrected chi connectivity index (χ4v) is 6.68. The summed E-state index contributed by atoms with van der Waals surface area (Å²) in [6.45, 7) is 3.04. The zero-order valence-corrected chi connectivity index (χ0v) is 25.0. The maximum absolute atomic E-state index is 13.9. The van der Waals surface area contributed by atoms with Gasteiger partial charge in [0.15, 0.2) is 0 Å². The number of hydrogen-bond acceptors (Lipinski definition) is 6. The molecule has 4 aromatic rings. The second-order valence-corrected chi connectivity index (χ2v) is 11.4. The Morgan fingerprint density at radius 2 is 1.57 bits per heavy atom. The van der Waals surface area contributed by atoms with E-state index in [2.05, 4.69) is 65.3 Å². The highest BCUT2D eigenvalue weighted by Gasteiger charge is 2.44. The van der Waals surface area contributed by atoms with Gasteiger partial charge in [-0.1, -0.05) is 72.8 Å². The lowest BCUT2D eigenvalue weighted by Gasteiger charge is -2.52. The summed E-state index contributed by atoms with van der Waals surface area (Å²) in [6.07, 6.45) is 5.04. The average molecular weight is 592 g/mol. The standard InChI is InChI=1S/C35H37N5O4/c1-25(39-23-10-9-21-35(39,27-12-5-3-6-13-27)28-14-7-4-8-15-28)24-31(26-17-19-29(20-18-26)40(43)44)38(2)34(42)32-30(33(36)41)16-11-22-37-32/h3-8,11-20,22,25,31H,9-10,21,23-24H2,1-2H3,(H2,36,41). The van der Waals surface area contributed by atoms with Crippen molar-refractivity contribution < 1.29 is 14.5 Å². The van der Waals surface area contributed by atoms with Gasteiger partial charge in [-0.25, -0.2) is 0 Å². The van der Waals surface area contributed by atoms with Crippen LogP contribution in [-0.4, -0.2) is 51.2 Å². The summed E-state index contributed by atoms with van der Waals surface area (Å²) in [5, 5.41) is 11.4. The molecule has 44 heavy (non-hydrogen) atoms. The zero-order chi connectivity index (χ0) is 31.3. The molecule has 2 N–H and O–H groups in total. The Kier molecular flexibility index (Phi) is 9.15. The van der Waals surface area contributed by atoms with Crippen molar-refractivity contribution in [3.63, 3.8) is 0 Å². The fourth-order valence-electron chi connectivity index (χ4n) is 6.68. The molecule has 9 heteroatoms. The van der Waals surface area contributed by atoms with E-state index in [0.29, 0.717) is 6.42 Å². The molecule has 1 aliphatic rings. The van der Waals surface area contributed by atoms with Crippen LogP contribution in [0.3, 0.4) is 0 Å². The van der Waals surface area contributed by atoms with Crippen molar-refractivity contribution in [3.05, 3.63) is 141 Å². The molecule has 3 aromatic carbocycles. The number of nitro groups is 1. The molecule has 1 fully saturated rings. The molecule has 0 spiro atoms. The van der Waals surface area contributed by atoms with Gasteiger partial charge in [0.1, 0.15) is 5.69 Å². The lowest BCUT2D eigenvalue weighted by atomic mass is 9.74. The quantitative estimate of drug-likeness (QED) is 0.175. The molecule has 5 rings (SSSR count). The number of nitrogens with two attached hydrogens (primary N) is 1. The van der Waals surface area contributed by atoms with Crippen LogP contribution >= 0.6 is 0 Å². The molecule has 1 aliphatic heterocycles. The van der Waals surface area contributed by atoms with Crippen molar-refractivity contribution >= 4 is 17.5 Å². The number of carbonyl (C=O) groups excluding carboxylic acids is 2. The summed E-state index contributed by atoms with van der Waals surface area (Å²) in [6, 6.07) is 30.0. The van der Waals surface area contributed by atoms with Crippen LogP contribution in [0.2, 0.25) is 0 Å². The monoisotopic (exact) mass is 591 g/mol. The van der Waals surface area contributed by atoms with E-state index in [1.54, 1.807) is 30.1 Å². The van der Waals surface area contributed by atoms with Crippen molar-refractivity contribution in [2.45, 2.75) is 50.2 Å². The van der Waals surface area contributed by atoms with Gasteiger partial charge in [0.05, 0.1) is 22.1 Å². The highest BCUT2D eigenvalue weighted by Crippen LogP contribution is 2.46. The van der Waals surface area contributed by atoms with Crippen LogP contribution in [0.4, 0.5) is 5.69 Å². The Morgan fingerprint density at radius 1 is 0.955 bits per heavy atom. The molecule has 0 radical (unpaired) electrons. The van der Waals surface area contributed by atoms with E-state index in [-0.39, 0.29) is 28.5 Å². The Hall–Kier alpha value is -4.89. The summed E-state index contributed by atoms with van der Waals surface area (Å²) in [5.74, 6) is -1.19. The van der Waals surface area contributed by atoms with Crippen molar-refractivity contribution in [1.29, 1.82) is 0 Å². The first kappa shape index (κ1) is 30.6. The Morgan fingerprint density at radius 3 is 2.14 bits per heavy atom. The smallest absolute Gasteiger partial charge is 0.273 e. The van der Waals surface area contributed by atoms with Crippen molar-refractivity contribution in [1.82, 2.24) is 14.8 Å². The first-order valence-corrected chi connectivity index (χ1v) is 14.9. The van der Waals surface area contributed by atoms with Gasteiger partial charge in [0.25, 0.3) is 17.5 Å². The minimum atomic E-state index is -0.737. The molecule has 2 amide bonds. The number of nitro benzene ring substituents is 1. The highest BCUT2D eigenvalue weighted by molar-refractivity contribution is 6.05. The molecule has 2 atom stereocenters. The minimum absolute atomic E-state index is 0.0227. The van der Waals surface area contributed by atoms with Crippen LogP contribution in [0.15, 0.2) is 103 Å².